The Labute approximate surface area is 130 Å². The number of amides is 1. The summed E-state index contributed by atoms with van der Waals surface area (Å²) in [6, 6.07) is 6.51. The third-order valence-electron chi connectivity index (χ3n) is 3.73. The highest BCUT2D eigenvalue weighted by Gasteiger charge is 2.23. The summed E-state index contributed by atoms with van der Waals surface area (Å²) in [5.41, 5.74) is 0.976. The average molecular weight is 313 g/mol. The molecular weight excluding hydrogens is 292 g/mol. The maximum atomic E-state index is 12.2. The largest absolute Gasteiger partial charge is 0.480 e. The van der Waals surface area contributed by atoms with Crippen molar-refractivity contribution in [1.82, 2.24) is 9.80 Å². The number of hydrogen-bond acceptors (Lipinski definition) is 3. The monoisotopic (exact) mass is 312 g/mol. The number of carbonyl (C=O) groups is 2. The van der Waals surface area contributed by atoms with Crippen molar-refractivity contribution in [1.29, 1.82) is 0 Å². The lowest BCUT2D eigenvalue weighted by Crippen LogP contribution is -2.43. The summed E-state index contributed by atoms with van der Waals surface area (Å²) in [4.78, 5) is 26.2. The van der Waals surface area contributed by atoms with Crippen LogP contribution in [0.4, 0.5) is 0 Å². The summed E-state index contributed by atoms with van der Waals surface area (Å²) < 4.78 is 0. The number of hydrogen-bond donors (Lipinski definition) is 1. The molecule has 0 saturated carbocycles. The number of benzene rings is 1. The van der Waals surface area contributed by atoms with Gasteiger partial charge in [0.25, 0.3) is 0 Å². The number of likely N-dealkylation sites (N-methyl/N-ethyl adjacent to an activating group) is 2. The van der Waals surface area contributed by atoms with Crippen molar-refractivity contribution in [2.45, 2.75) is 25.9 Å². The van der Waals surface area contributed by atoms with Crippen molar-refractivity contribution < 1.29 is 14.7 Å². The smallest absolute Gasteiger partial charge is 0.320 e. The summed E-state index contributed by atoms with van der Waals surface area (Å²) in [7, 11) is 3.33. The van der Waals surface area contributed by atoms with Crippen LogP contribution >= 0.6 is 11.6 Å². The first kappa shape index (κ1) is 17.5. The molecule has 1 aromatic rings. The van der Waals surface area contributed by atoms with Crippen LogP contribution in [0.5, 0.6) is 0 Å². The fourth-order valence-corrected chi connectivity index (χ4v) is 1.96. The minimum absolute atomic E-state index is 0.0574. The number of carboxylic acids is 1. The summed E-state index contributed by atoms with van der Waals surface area (Å²) in [5, 5.41) is 9.59. The third-order valence-corrected chi connectivity index (χ3v) is 3.98. The van der Waals surface area contributed by atoms with E-state index in [0.717, 1.165) is 5.56 Å². The second-order valence-corrected chi connectivity index (χ2v) is 5.60. The molecule has 6 heteroatoms. The van der Waals surface area contributed by atoms with E-state index < -0.39 is 12.0 Å². The molecule has 21 heavy (non-hydrogen) atoms. The van der Waals surface area contributed by atoms with E-state index in [1.807, 2.05) is 19.1 Å². The molecule has 0 spiro atoms. The molecule has 0 aliphatic rings. The fourth-order valence-electron chi connectivity index (χ4n) is 1.83. The molecule has 2 unspecified atom stereocenters. The molecule has 2 atom stereocenters. The van der Waals surface area contributed by atoms with Crippen LogP contribution in [0, 0.1) is 0 Å². The van der Waals surface area contributed by atoms with Crippen LogP contribution in [0.1, 0.15) is 25.5 Å². The van der Waals surface area contributed by atoms with Gasteiger partial charge in [0.05, 0.1) is 12.6 Å². The SMILES string of the molecule is CC(C(=O)O)N(C)CC(=O)N(C)C(C)c1ccc(Cl)cc1. The molecule has 0 fully saturated rings. The van der Waals surface area contributed by atoms with E-state index in [-0.39, 0.29) is 18.5 Å². The molecule has 0 heterocycles. The molecule has 0 radical (unpaired) electrons. The highest BCUT2D eigenvalue weighted by atomic mass is 35.5. The summed E-state index contributed by atoms with van der Waals surface area (Å²) in [5.74, 6) is -1.08. The van der Waals surface area contributed by atoms with Crippen LogP contribution in [-0.4, -0.2) is 53.5 Å². The van der Waals surface area contributed by atoms with Crippen LogP contribution in [0.2, 0.25) is 5.02 Å². The van der Waals surface area contributed by atoms with Crippen LogP contribution in [-0.2, 0) is 9.59 Å². The molecule has 1 N–H and O–H groups in total. The predicted molar refractivity (Wildman–Crippen MR) is 82.4 cm³/mol. The Balaban J connectivity index is 2.69. The molecule has 1 amide bonds. The Morgan fingerprint density at radius 3 is 2.19 bits per heavy atom. The van der Waals surface area contributed by atoms with Crippen molar-refractivity contribution in [2.24, 2.45) is 0 Å². The van der Waals surface area contributed by atoms with Gasteiger partial charge in [-0.3, -0.25) is 14.5 Å². The Hall–Kier alpha value is -1.59. The van der Waals surface area contributed by atoms with Crippen LogP contribution in [0.3, 0.4) is 0 Å². The predicted octanol–water partition coefficient (Wildman–Crippen LogP) is 2.26. The van der Waals surface area contributed by atoms with Crippen molar-refractivity contribution in [3.63, 3.8) is 0 Å². The molecule has 0 aliphatic carbocycles. The average Bonchev–Trinajstić information content (AvgIpc) is 2.45. The molecule has 0 bridgehead atoms. The van der Waals surface area contributed by atoms with Crippen molar-refractivity contribution in [2.75, 3.05) is 20.6 Å². The lowest BCUT2D eigenvalue weighted by molar-refractivity contribution is -0.143. The lowest BCUT2D eigenvalue weighted by Gasteiger charge is -2.28. The molecule has 0 aliphatic heterocycles. The molecular formula is C15H21ClN2O3. The Morgan fingerprint density at radius 2 is 1.71 bits per heavy atom. The summed E-state index contributed by atoms with van der Waals surface area (Å²) >= 11 is 5.85. The van der Waals surface area contributed by atoms with Gasteiger partial charge >= 0.3 is 5.97 Å². The van der Waals surface area contributed by atoms with Gasteiger partial charge in [-0.1, -0.05) is 23.7 Å². The van der Waals surface area contributed by atoms with E-state index in [0.29, 0.717) is 5.02 Å². The van der Waals surface area contributed by atoms with E-state index >= 15 is 0 Å². The van der Waals surface area contributed by atoms with Gasteiger partial charge in [0, 0.05) is 12.1 Å². The maximum absolute atomic E-state index is 12.2. The van der Waals surface area contributed by atoms with Crippen LogP contribution < -0.4 is 0 Å². The second-order valence-electron chi connectivity index (χ2n) is 5.16. The Morgan fingerprint density at radius 1 is 1.19 bits per heavy atom. The molecule has 5 nitrogen and oxygen atoms in total. The van der Waals surface area contributed by atoms with Crippen LogP contribution in [0.25, 0.3) is 0 Å². The first-order valence-corrected chi connectivity index (χ1v) is 7.06. The van der Waals surface area contributed by atoms with Gasteiger partial charge in [-0.15, -0.1) is 0 Å². The summed E-state index contributed by atoms with van der Waals surface area (Å²) in [6.07, 6.45) is 0. The zero-order chi connectivity index (χ0) is 16.2. The topological polar surface area (TPSA) is 60.9 Å². The van der Waals surface area contributed by atoms with Crippen LogP contribution in [0.15, 0.2) is 24.3 Å². The van der Waals surface area contributed by atoms with Gasteiger partial charge in [-0.25, -0.2) is 0 Å². The van der Waals surface area contributed by atoms with Gasteiger partial charge in [0.1, 0.15) is 6.04 Å². The zero-order valence-corrected chi connectivity index (χ0v) is 13.5. The Bertz CT molecular complexity index is 504. The first-order chi connectivity index (χ1) is 9.73. The fraction of sp³-hybridized carbons (Fsp3) is 0.467. The van der Waals surface area contributed by atoms with E-state index in [9.17, 15) is 9.59 Å². The van der Waals surface area contributed by atoms with E-state index in [2.05, 4.69) is 0 Å². The Kier molecular flexibility index (Phi) is 6.18. The van der Waals surface area contributed by atoms with Gasteiger partial charge in [0.15, 0.2) is 0 Å². The lowest BCUT2D eigenvalue weighted by atomic mass is 10.1. The minimum atomic E-state index is -0.946. The van der Waals surface area contributed by atoms with Gasteiger partial charge in [0.2, 0.25) is 5.91 Å². The molecule has 1 aromatic carbocycles. The maximum Gasteiger partial charge on any atom is 0.320 e. The minimum Gasteiger partial charge on any atom is -0.480 e. The van der Waals surface area contributed by atoms with Gasteiger partial charge in [-0.05, 0) is 38.6 Å². The normalized spacial score (nSPS) is 13.8. The number of carbonyl (C=O) groups excluding carboxylic acids is 1. The van der Waals surface area contributed by atoms with Crippen molar-refractivity contribution in [3.05, 3.63) is 34.9 Å². The number of rotatable bonds is 6. The van der Waals surface area contributed by atoms with E-state index in [4.69, 9.17) is 16.7 Å². The van der Waals surface area contributed by atoms with Crippen molar-refractivity contribution in [3.8, 4) is 0 Å². The molecule has 0 saturated heterocycles. The van der Waals surface area contributed by atoms with E-state index in [1.54, 1.807) is 38.1 Å². The number of aliphatic carboxylic acids is 1. The molecule has 1 rings (SSSR count). The third kappa shape index (κ3) is 4.72. The number of halogens is 1. The highest BCUT2D eigenvalue weighted by Crippen LogP contribution is 2.21. The highest BCUT2D eigenvalue weighted by molar-refractivity contribution is 6.30. The van der Waals surface area contributed by atoms with E-state index in [1.165, 1.54) is 4.90 Å². The quantitative estimate of drug-likeness (QED) is 0.875. The van der Waals surface area contributed by atoms with Gasteiger partial charge < -0.3 is 10.0 Å². The van der Waals surface area contributed by atoms with Gasteiger partial charge in [-0.2, -0.15) is 0 Å². The summed E-state index contributed by atoms with van der Waals surface area (Å²) in [6.45, 7) is 3.53. The number of carboxylic acid groups (broad SMARTS) is 1. The van der Waals surface area contributed by atoms with Crippen molar-refractivity contribution >= 4 is 23.5 Å². The first-order valence-electron chi connectivity index (χ1n) is 6.68. The number of nitrogens with zero attached hydrogens (tertiary/aromatic N) is 2. The standard InChI is InChI=1S/C15H21ClN2O3/c1-10(12-5-7-13(16)8-6-12)18(4)14(19)9-17(3)11(2)15(20)21/h5-8,10-11H,9H2,1-4H3,(H,20,21). The molecule has 116 valence electrons. The molecule has 0 aromatic heterocycles. The second kappa shape index (κ2) is 7.43. The zero-order valence-electron chi connectivity index (χ0n) is 12.7.